The highest BCUT2D eigenvalue weighted by molar-refractivity contribution is 6.39. The lowest BCUT2D eigenvalue weighted by atomic mass is 10.1. The number of hydrogen-bond acceptors (Lipinski definition) is 3. The average Bonchev–Trinajstić information content (AvgIpc) is 2.47. The Morgan fingerprint density at radius 1 is 1.05 bits per heavy atom. The number of benzene rings is 1. The average molecular weight is 289 g/mol. The van der Waals surface area contributed by atoms with E-state index in [1.807, 2.05) is 19.1 Å². The Morgan fingerprint density at radius 2 is 1.67 bits per heavy atom. The first kappa shape index (κ1) is 16.9. The van der Waals surface area contributed by atoms with Crippen LogP contribution in [-0.4, -0.2) is 17.5 Å². The predicted molar refractivity (Wildman–Crippen MR) is 85.2 cm³/mol. The number of rotatable bonds is 6. The standard InChI is InChI=1S/C16H23N3O2/c1-4-8-13(9-5-2)18-19-16(21)15(20)17-14-11-7-6-10-12(14)3/h6-7,10-11H,4-5,8-9H2,1-3H3,(H,17,20)(H,19,21). The second-order valence-electron chi connectivity index (χ2n) is 4.89. The van der Waals surface area contributed by atoms with E-state index in [-0.39, 0.29) is 0 Å². The normalized spacial score (nSPS) is 9.86. The molecule has 2 N–H and O–H groups in total. The molecule has 0 fully saturated rings. The van der Waals surface area contributed by atoms with Gasteiger partial charge in [-0.3, -0.25) is 9.59 Å². The Balaban J connectivity index is 2.60. The van der Waals surface area contributed by atoms with Crippen LogP contribution >= 0.6 is 0 Å². The molecule has 0 spiro atoms. The highest BCUT2D eigenvalue weighted by Crippen LogP contribution is 2.12. The fraction of sp³-hybridized carbons (Fsp3) is 0.438. The summed E-state index contributed by atoms with van der Waals surface area (Å²) in [6, 6.07) is 7.30. The van der Waals surface area contributed by atoms with Gasteiger partial charge in [-0.2, -0.15) is 5.10 Å². The minimum Gasteiger partial charge on any atom is -0.317 e. The van der Waals surface area contributed by atoms with E-state index in [9.17, 15) is 9.59 Å². The van der Waals surface area contributed by atoms with Crippen molar-refractivity contribution >= 4 is 23.2 Å². The third-order valence-corrected chi connectivity index (χ3v) is 2.99. The Labute approximate surface area is 125 Å². The van der Waals surface area contributed by atoms with E-state index in [1.54, 1.807) is 12.1 Å². The molecule has 5 heteroatoms. The van der Waals surface area contributed by atoms with Gasteiger partial charge in [0.1, 0.15) is 0 Å². The molecule has 0 bridgehead atoms. The molecule has 0 aliphatic heterocycles. The number of nitrogens with zero attached hydrogens (tertiary/aromatic N) is 1. The molecule has 0 aromatic heterocycles. The van der Waals surface area contributed by atoms with Crippen molar-refractivity contribution in [3.63, 3.8) is 0 Å². The predicted octanol–water partition coefficient (Wildman–Crippen LogP) is 3.01. The molecule has 21 heavy (non-hydrogen) atoms. The zero-order valence-electron chi connectivity index (χ0n) is 12.9. The molecule has 0 heterocycles. The number of carbonyl (C=O) groups is 2. The summed E-state index contributed by atoms with van der Waals surface area (Å²) < 4.78 is 0. The molecule has 0 radical (unpaired) electrons. The summed E-state index contributed by atoms with van der Waals surface area (Å²) in [7, 11) is 0. The van der Waals surface area contributed by atoms with E-state index >= 15 is 0 Å². The fourth-order valence-electron chi connectivity index (χ4n) is 1.89. The van der Waals surface area contributed by atoms with Gasteiger partial charge in [-0.1, -0.05) is 44.9 Å². The largest absolute Gasteiger partial charge is 0.329 e. The van der Waals surface area contributed by atoms with Crippen LogP contribution in [0.1, 0.15) is 45.1 Å². The number of nitrogens with one attached hydrogen (secondary N) is 2. The lowest BCUT2D eigenvalue weighted by Gasteiger charge is -2.07. The summed E-state index contributed by atoms with van der Waals surface area (Å²) in [6.07, 6.45) is 3.58. The van der Waals surface area contributed by atoms with Gasteiger partial charge in [-0.05, 0) is 31.4 Å². The minimum absolute atomic E-state index is 0.629. The summed E-state index contributed by atoms with van der Waals surface area (Å²) in [5.74, 6) is -1.46. The van der Waals surface area contributed by atoms with Gasteiger partial charge >= 0.3 is 11.8 Å². The summed E-state index contributed by atoms with van der Waals surface area (Å²) >= 11 is 0. The second-order valence-corrected chi connectivity index (χ2v) is 4.89. The first-order valence-corrected chi connectivity index (χ1v) is 7.30. The quantitative estimate of drug-likeness (QED) is 0.480. The minimum atomic E-state index is -0.747. The summed E-state index contributed by atoms with van der Waals surface area (Å²) in [4.78, 5) is 23.5. The molecule has 114 valence electrons. The van der Waals surface area contributed by atoms with Crippen LogP contribution in [0.5, 0.6) is 0 Å². The highest BCUT2D eigenvalue weighted by Gasteiger charge is 2.14. The first-order valence-electron chi connectivity index (χ1n) is 7.30. The molecule has 5 nitrogen and oxygen atoms in total. The third kappa shape index (κ3) is 5.77. The van der Waals surface area contributed by atoms with E-state index in [2.05, 4.69) is 29.7 Å². The van der Waals surface area contributed by atoms with E-state index in [0.717, 1.165) is 37.0 Å². The van der Waals surface area contributed by atoms with Crippen LogP contribution in [0.4, 0.5) is 5.69 Å². The molecule has 0 saturated heterocycles. The van der Waals surface area contributed by atoms with Crippen molar-refractivity contribution in [1.82, 2.24) is 5.43 Å². The number of hydrogen-bond donors (Lipinski definition) is 2. The van der Waals surface area contributed by atoms with Crippen molar-refractivity contribution in [2.45, 2.75) is 46.5 Å². The molecule has 0 unspecified atom stereocenters. The van der Waals surface area contributed by atoms with E-state index in [4.69, 9.17) is 0 Å². The molecule has 0 aliphatic rings. The van der Waals surface area contributed by atoms with Crippen molar-refractivity contribution in [2.24, 2.45) is 5.10 Å². The van der Waals surface area contributed by atoms with E-state index in [1.165, 1.54) is 0 Å². The lowest BCUT2D eigenvalue weighted by Crippen LogP contribution is -2.33. The van der Waals surface area contributed by atoms with Crippen molar-refractivity contribution in [2.75, 3.05) is 5.32 Å². The Morgan fingerprint density at radius 3 is 2.24 bits per heavy atom. The number of amides is 2. The highest BCUT2D eigenvalue weighted by atomic mass is 16.2. The van der Waals surface area contributed by atoms with Gasteiger partial charge in [0.2, 0.25) is 0 Å². The molecule has 1 aromatic rings. The lowest BCUT2D eigenvalue weighted by molar-refractivity contribution is -0.136. The van der Waals surface area contributed by atoms with Gasteiger partial charge in [0, 0.05) is 11.4 Å². The third-order valence-electron chi connectivity index (χ3n) is 2.99. The number of hydrazone groups is 1. The number of anilines is 1. The second kappa shape index (κ2) is 8.89. The van der Waals surface area contributed by atoms with Gasteiger partial charge in [-0.25, -0.2) is 5.43 Å². The smallest absolute Gasteiger partial charge is 0.317 e. The van der Waals surface area contributed by atoms with Crippen LogP contribution in [0.2, 0.25) is 0 Å². The molecule has 0 saturated carbocycles. The van der Waals surface area contributed by atoms with E-state index < -0.39 is 11.8 Å². The van der Waals surface area contributed by atoms with Gasteiger partial charge in [0.05, 0.1) is 0 Å². The number of para-hydroxylation sites is 1. The monoisotopic (exact) mass is 289 g/mol. The molecule has 0 aliphatic carbocycles. The molecular weight excluding hydrogens is 266 g/mol. The maximum atomic E-state index is 11.8. The van der Waals surface area contributed by atoms with Gasteiger partial charge < -0.3 is 5.32 Å². The van der Waals surface area contributed by atoms with Crippen LogP contribution < -0.4 is 10.7 Å². The van der Waals surface area contributed by atoms with Crippen molar-refractivity contribution in [3.8, 4) is 0 Å². The van der Waals surface area contributed by atoms with E-state index in [0.29, 0.717) is 5.69 Å². The maximum absolute atomic E-state index is 11.8. The SMILES string of the molecule is CCCC(CCC)=NNC(=O)C(=O)Nc1ccccc1C. The Kier molecular flexibility index (Phi) is 7.15. The first-order chi connectivity index (χ1) is 10.1. The molecule has 0 atom stereocenters. The van der Waals surface area contributed by atoms with Crippen LogP contribution in [0.15, 0.2) is 29.4 Å². The molecular formula is C16H23N3O2. The Bertz CT molecular complexity index is 516. The molecule has 2 amide bonds. The van der Waals surface area contributed by atoms with Crippen LogP contribution in [0.3, 0.4) is 0 Å². The van der Waals surface area contributed by atoms with Crippen molar-refractivity contribution in [3.05, 3.63) is 29.8 Å². The Hall–Kier alpha value is -2.17. The fourth-order valence-corrected chi connectivity index (χ4v) is 1.89. The molecule has 1 aromatic carbocycles. The van der Waals surface area contributed by atoms with Crippen LogP contribution in [0.25, 0.3) is 0 Å². The summed E-state index contributed by atoms with van der Waals surface area (Å²) in [5, 5.41) is 6.62. The van der Waals surface area contributed by atoms with Crippen molar-refractivity contribution in [1.29, 1.82) is 0 Å². The van der Waals surface area contributed by atoms with Crippen molar-refractivity contribution < 1.29 is 9.59 Å². The van der Waals surface area contributed by atoms with Gasteiger partial charge in [0.25, 0.3) is 0 Å². The number of aryl methyl sites for hydroxylation is 1. The van der Waals surface area contributed by atoms with Crippen LogP contribution in [-0.2, 0) is 9.59 Å². The van der Waals surface area contributed by atoms with Gasteiger partial charge in [-0.15, -0.1) is 0 Å². The summed E-state index contributed by atoms with van der Waals surface area (Å²) in [5.41, 5.74) is 4.77. The summed E-state index contributed by atoms with van der Waals surface area (Å²) in [6.45, 7) is 5.97. The topological polar surface area (TPSA) is 70.6 Å². The zero-order chi connectivity index (χ0) is 15.7. The molecule has 1 rings (SSSR count). The maximum Gasteiger partial charge on any atom is 0.329 e. The van der Waals surface area contributed by atoms with Crippen LogP contribution in [0, 0.1) is 6.92 Å². The zero-order valence-corrected chi connectivity index (χ0v) is 12.9. The van der Waals surface area contributed by atoms with Gasteiger partial charge in [0.15, 0.2) is 0 Å². The number of carbonyl (C=O) groups excluding carboxylic acids is 2.